The maximum atomic E-state index is 12.3. The summed E-state index contributed by atoms with van der Waals surface area (Å²) in [5.41, 5.74) is 0.396. The Hall–Kier alpha value is -1.73. The summed E-state index contributed by atoms with van der Waals surface area (Å²) in [5, 5.41) is 5.96. The molecule has 27 heavy (non-hydrogen) atoms. The van der Waals surface area contributed by atoms with Crippen molar-refractivity contribution >= 4 is 41.1 Å². The number of carbonyl (C=O) groups excluding carboxylic acids is 3. The Kier molecular flexibility index (Phi) is 10.9. The minimum atomic E-state index is -0.818. The van der Waals surface area contributed by atoms with Crippen LogP contribution in [0, 0.1) is 0 Å². The van der Waals surface area contributed by atoms with Gasteiger partial charge >= 0.3 is 5.97 Å². The summed E-state index contributed by atoms with van der Waals surface area (Å²) in [5.74, 6) is -0.697. The summed E-state index contributed by atoms with van der Waals surface area (Å²) in [6.45, 7) is 3.57. The number of thioether (sulfide) groups is 1. The second kappa shape index (κ2) is 12.6. The van der Waals surface area contributed by atoms with Crippen molar-refractivity contribution in [3.05, 3.63) is 34.9 Å². The first-order chi connectivity index (χ1) is 12.9. The number of amides is 2. The number of carbonyl (C=O) groups is 3. The quantitative estimate of drug-likeness (QED) is 0.543. The number of benzene rings is 1. The molecule has 1 aromatic carbocycles. The fourth-order valence-electron chi connectivity index (χ4n) is 2.39. The zero-order valence-corrected chi connectivity index (χ0v) is 17.5. The van der Waals surface area contributed by atoms with Crippen molar-refractivity contribution in [1.82, 2.24) is 10.6 Å². The lowest BCUT2D eigenvalue weighted by atomic mass is 10.1. The molecule has 0 heterocycles. The first-order valence-electron chi connectivity index (χ1n) is 8.88. The average molecular weight is 415 g/mol. The van der Waals surface area contributed by atoms with Crippen LogP contribution in [0.3, 0.4) is 0 Å². The number of hydrogen-bond acceptors (Lipinski definition) is 5. The number of halogens is 1. The van der Waals surface area contributed by atoms with Gasteiger partial charge in [0.1, 0.15) is 6.04 Å². The summed E-state index contributed by atoms with van der Waals surface area (Å²) in [4.78, 5) is 36.5. The largest absolute Gasteiger partial charge is 0.454 e. The van der Waals surface area contributed by atoms with Crippen molar-refractivity contribution in [2.45, 2.75) is 45.2 Å². The van der Waals surface area contributed by atoms with Crippen molar-refractivity contribution < 1.29 is 19.1 Å². The van der Waals surface area contributed by atoms with E-state index in [1.807, 2.05) is 20.1 Å². The lowest BCUT2D eigenvalue weighted by Gasteiger charge is -2.18. The second-order valence-electron chi connectivity index (χ2n) is 6.18. The van der Waals surface area contributed by atoms with Crippen molar-refractivity contribution in [2.24, 2.45) is 0 Å². The SMILES string of the molecule is CCC[C@@H](C)NC(=O)COC(=O)[C@H](CCSC)NC(=O)c1ccc(Cl)cc1. The van der Waals surface area contributed by atoms with Crippen LogP contribution in [0.5, 0.6) is 0 Å². The molecule has 0 saturated carbocycles. The van der Waals surface area contributed by atoms with Gasteiger partial charge in [-0.1, -0.05) is 24.9 Å². The third-order valence-corrected chi connectivity index (χ3v) is 4.68. The molecule has 1 rings (SSSR count). The van der Waals surface area contributed by atoms with Crippen LogP contribution >= 0.6 is 23.4 Å². The molecule has 0 aliphatic rings. The third-order valence-electron chi connectivity index (χ3n) is 3.78. The first-order valence-corrected chi connectivity index (χ1v) is 10.7. The molecule has 0 bridgehead atoms. The maximum absolute atomic E-state index is 12.3. The predicted octanol–water partition coefficient (Wildman–Crippen LogP) is 3.04. The average Bonchev–Trinajstić information content (AvgIpc) is 2.63. The fourth-order valence-corrected chi connectivity index (χ4v) is 2.98. The highest BCUT2D eigenvalue weighted by Gasteiger charge is 2.23. The van der Waals surface area contributed by atoms with E-state index < -0.39 is 17.9 Å². The third kappa shape index (κ3) is 9.15. The number of nitrogens with one attached hydrogen (secondary N) is 2. The summed E-state index contributed by atoms with van der Waals surface area (Å²) < 4.78 is 5.10. The second-order valence-corrected chi connectivity index (χ2v) is 7.60. The molecule has 2 atom stereocenters. The normalized spacial score (nSPS) is 12.7. The number of rotatable bonds is 11. The predicted molar refractivity (Wildman–Crippen MR) is 109 cm³/mol. The molecule has 0 saturated heterocycles. The summed E-state index contributed by atoms with van der Waals surface area (Å²) in [6, 6.07) is 5.58. The smallest absolute Gasteiger partial charge is 0.329 e. The highest BCUT2D eigenvalue weighted by Crippen LogP contribution is 2.10. The summed E-state index contributed by atoms with van der Waals surface area (Å²) in [6.07, 6.45) is 4.13. The van der Waals surface area contributed by atoms with Crippen molar-refractivity contribution in [1.29, 1.82) is 0 Å². The molecule has 0 spiro atoms. The highest BCUT2D eigenvalue weighted by atomic mass is 35.5. The minimum Gasteiger partial charge on any atom is -0.454 e. The van der Waals surface area contributed by atoms with Gasteiger partial charge in [0.05, 0.1) is 0 Å². The monoisotopic (exact) mass is 414 g/mol. The van der Waals surface area contributed by atoms with Gasteiger partial charge < -0.3 is 15.4 Å². The van der Waals surface area contributed by atoms with Gasteiger partial charge in [-0.25, -0.2) is 4.79 Å². The number of ether oxygens (including phenoxy) is 1. The van der Waals surface area contributed by atoms with Crippen LogP contribution in [0.4, 0.5) is 0 Å². The molecule has 0 radical (unpaired) electrons. The molecule has 2 N–H and O–H groups in total. The van der Waals surface area contributed by atoms with E-state index in [4.69, 9.17) is 16.3 Å². The molecule has 0 unspecified atom stereocenters. The Morgan fingerprint density at radius 3 is 2.41 bits per heavy atom. The van der Waals surface area contributed by atoms with E-state index in [1.165, 1.54) is 0 Å². The zero-order chi connectivity index (χ0) is 20.2. The van der Waals surface area contributed by atoms with Crippen molar-refractivity contribution in [2.75, 3.05) is 18.6 Å². The molecular formula is C19H27ClN2O4S. The first kappa shape index (κ1) is 23.3. The van der Waals surface area contributed by atoms with Crippen LogP contribution in [0.2, 0.25) is 5.02 Å². The molecular weight excluding hydrogens is 388 g/mol. The van der Waals surface area contributed by atoms with Gasteiger partial charge in [-0.15, -0.1) is 0 Å². The minimum absolute atomic E-state index is 0.0260. The molecule has 6 nitrogen and oxygen atoms in total. The Labute approximate surface area is 169 Å². The standard InChI is InChI=1S/C19H27ClN2O4S/c1-4-5-13(2)21-17(23)12-26-19(25)16(10-11-27-3)22-18(24)14-6-8-15(20)9-7-14/h6-9,13,16H,4-5,10-12H2,1-3H3,(H,21,23)(H,22,24)/t13-,16+/m1/s1. The van der Waals surface area contributed by atoms with Gasteiger partial charge in [-0.2, -0.15) is 11.8 Å². The van der Waals surface area contributed by atoms with Gasteiger partial charge in [0.25, 0.3) is 11.8 Å². The van der Waals surface area contributed by atoms with E-state index in [9.17, 15) is 14.4 Å². The lowest BCUT2D eigenvalue weighted by Crippen LogP contribution is -2.44. The van der Waals surface area contributed by atoms with Crippen LogP contribution < -0.4 is 10.6 Å². The molecule has 150 valence electrons. The summed E-state index contributed by atoms with van der Waals surface area (Å²) >= 11 is 7.38. The summed E-state index contributed by atoms with van der Waals surface area (Å²) in [7, 11) is 0. The van der Waals surface area contributed by atoms with E-state index in [0.717, 1.165) is 12.8 Å². The van der Waals surface area contributed by atoms with Gasteiger partial charge in [0.2, 0.25) is 0 Å². The van der Waals surface area contributed by atoms with E-state index in [-0.39, 0.29) is 18.6 Å². The lowest BCUT2D eigenvalue weighted by molar-refractivity contribution is -0.150. The number of hydrogen-bond donors (Lipinski definition) is 2. The van der Waals surface area contributed by atoms with Crippen LogP contribution in [0.15, 0.2) is 24.3 Å². The van der Waals surface area contributed by atoms with Crippen molar-refractivity contribution in [3.63, 3.8) is 0 Å². The van der Waals surface area contributed by atoms with E-state index >= 15 is 0 Å². The molecule has 0 aromatic heterocycles. The van der Waals surface area contributed by atoms with Gasteiger partial charge in [0, 0.05) is 16.6 Å². The molecule has 0 aliphatic heterocycles. The van der Waals surface area contributed by atoms with Gasteiger partial charge in [0.15, 0.2) is 6.61 Å². The van der Waals surface area contributed by atoms with Gasteiger partial charge in [-0.05, 0) is 56.0 Å². The Balaban J connectivity index is 2.61. The molecule has 0 aliphatic carbocycles. The molecule has 1 aromatic rings. The van der Waals surface area contributed by atoms with E-state index in [1.54, 1.807) is 36.0 Å². The maximum Gasteiger partial charge on any atom is 0.329 e. The fraction of sp³-hybridized carbons (Fsp3) is 0.526. The van der Waals surface area contributed by atoms with Gasteiger partial charge in [-0.3, -0.25) is 9.59 Å². The Morgan fingerprint density at radius 2 is 1.81 bits per heavy atom. The molecule has 8 heteroatoms. The van der Waals surface area contributed by atoms with E-state index in [2.05, 4.69) is 10.6 Å². The Bertz CT molecular complexity index is 625. The van der Waals surface area contributed by atoms with Crippen LogP contribution in [-0.2, 0) is 14.3 Å². The number of esters is 1. The topological polar surface area (TPSA) is 84.5 Å². The Morgan fingerprint density at radius 1 is 1.15 bits per heavy atom. The van der Waals surface area contributed by atoms with Crippen molar-refractivity contribution in [3.8, 4) is 0 Å². The van der Waals surface area contributed by atoms with Crippen LogP contribution in [0.1, 0.15) is 43.5 Å². The molecule has 2 amide bonds. The van der Waals surface area contributed by atoms with Crippen LogP contribution in [0.25, 0.3) is 0 Å². The molecule has 0 fully saturated rings. The highest BCUT2D eigenvalue weighted by molar-refractivity contribution is 7.98. The van der Waals surface area contributed by atoms with E-state index in [0.29, 0.717) is 22.8 Å². The zero-order valence-electron chi connectivity index (χ0n) is 15.9. The van der Waals surface area contributed by atoms with Crippen LogP contribution in [-0.4, -0.2) is 48.5 Å².